The fraction of sp³-hybridized carbons (Fsp3) is 0.476. The van der Waals surface area contributed by atoms with Gasteiger partial charge in [0.2, 0.25) is 29.8 Å². The Hall–Kier alpha value is -3.75. The van der Waals surface area contributed by atoms with E-state index in [1.54, 1.807) is 0 Å². The maximum atomic E-state index is 14.5. The number of carbonyl (C=O) groups is 5. The van der Waals surface area contributed by atoms with Crippen LogP contribution in [0.25, 0.3) is 0 Å². The van der Waals surface area contributed by atoms with Crippen molar-refractivity contribution in [1.82, 2.24) is 0 Å². The van der Waals surface area contributed by atoms with Crippen molar-refractivity contribution in [3.63, 3.8) is 0 Å². The van der Waals surface area contributed by atoms with Crippen molar-refractivity contribution in [3.8, 4) is 5.75 Å². The molecule has 1 aliphatic rings. The average molecular weight is 524 g/mol. The monoisotopic (exact) mass is 524 g/mol. The maximum Gasteiger partial charge on any atom is 0.303 e. The van der Waals surface area contributed by atoms with E-state index in [-0.39, 0.29) is 0 Å². The Morgan fingerprint density at radius 3 is 1.67 bits per heavy atom. The third-order valence-corrected chi connectivity index (χ3v) is 4.56. The minimum absolute atomic E-state index is 0.463. The molecule has 0 radical (unpaired) electrons. The lowest BCUT2D eigenvalue weighted by molar-refractivity contribution is -0.289. The summed E-state index contributed by atoms with van der Waals surface area (Å²) in [4.78, 5) is 57.3. The largest absolute Gasteiger partial charge is 0.463 e. The lowest BCUT2D eigenvalue weighted by atomic mass is 9.98. The van der Waals surface area contributed by atoms with E-state index in [4.69, 9.17) is 28.4 Å². The number of halogens is 4. The van der Waals surface area contributed by atoms with E-state index in [0.717, 1.165) is 27.7 Å². The van der Waals surface area contributed by atoms with Gasteiger partial charge in [0.1, 0.15) is 12.7 Å². The van der Waals surface area contributed by atoms with Crippen LogP contribution in [-0.2, 0) is 42.9 Å². The van der Waals surface area contributed by atoms with E-state index in [1.807, 2.05) is 0 Å². The summed E-state index contributed by atoms with van der Waals surface area (Å²) in [5, 5.41) is 0. The summed E-state index contributed by atoms with van der Waals surface area (Å²) in [7, 11) is 0. The predicted molar refractivity (Wildman–Crippen MR) is 104 cm³/mol. The number of rotatable bonds is 8. The Kier molecular flexibility index (Phi) is 9.33. The van der Waals surface area contributed by atoms with Gasteiger partial charge < -0.3 is 28.4 Å². The molecule has 2 rings (SSSR count). The molecule has 0 saturated carbocycles. The van der Waals surface area contributed by atoms with Crippen LogP contribution in [0.2, 0.25) is 0 Å². The van der Waals surface area contributed by atoms with Crippen molar-refractivity contribution >= 4 is 30.2 Å². The summed E-state index contributed by atoms with van der Waals surface area (Å²) in [6, 6.07) is 0. The highest BCUT2D eigenvalue weighted by Gasteiger charge is 2.54. The second-order valence-corrected chi connectivity index (χ2v) is 7.30. The Balaban J connectivity index is 2.63. The molecule has 198 valence electrons. The van der Waals surface area contributed by atoms with Crippen LogP contribution >= 0.6 is 0 Å². The van der Waals surface area contributed by atoms with Crippen molar-refractivity contribution in [2.24, 2.45) is 0 Å². The lowest BCUT2D eigenvalue weighted by Crippen LogP contribution is -2.63. The number of ether oxygens (including phenoxy) is 6. The van der Waals surface area contributed by atoms with Crippen molar-refractivity contribution in [1.29, 1.82) is 0 Å². The van der Waals surface area contributed by atoms with Crippen LogP contribution in [0.1, 0.15) is 38.1 Å². The molecular formula is C21H20F4O11. The van der Waals surface area contributed by atoms with Gasteiger partial charge in [-0.15, -0.1) is 0 Å². The topological polar surface area (TPSA) is 141 Å². The molecule has 1 aromatic rings. The van der Waals surface area contributed by atoms with E-state index in [9.17, 15) is 41.5 Å². The van der Waals surface area contributed by atoms with Gasteiger partial charge >= 0.3 is 23.9 Å². The summed E-state index contributed by atoms with van der Waals surface area (Å²) in [6.45, 7) is 3.07. The van der Waals surface area contributed by atoms with Gasteiger partial charge in [-0.3, -0.25) is 24.0 Å². The van der Waals surface area contributed by atoms with Crippen molar-refractivity contribution < 1.29 is 70.0 Å². The predicted octanol–water partition coefficient (Wildman–Crippen LogP) is 1.52. The molecule has 0 aromatic heterocycles. The molecule has 1 fully saturated rings. The van der Waals surface area contributed by atoms with E-state index >= 15 is 0 Å². The van der Waals surface area contributed by atoms with E-state index < -0.39 is 102 Å². The number of hydrogen-bond donors (Lipinski definition) is 0. The molecular weight excluding hydrogens is 504 g/mol. The molecule has 0 unspecified atom stereocenters. The SMILES string of the molecule is CC(=O)OC[C@H]1O[C@@H](Oc2c(F)c(F)c(C=O)c(F)c2F)[C@H](OC(C)=O)[C@@H](OC(C)=O)[C@@H]1OC(C)=O. The third-order valence-electron chi connectivity index (χ3n) is 4.56. The maximum absolute atomic E-state index is 14.5. The summed E-state index contributed by atoms with van der Waals surface area (Å²) in [5.74, 6) is -14.0. The molecule has 15 heteroatoms. The number of aldehydes is 1. The highest BCUT2D eigenvalue weighted by atomic mass is 19.2. The second-order valence-electron chi connectivity index (χ2n) is 7.30. The quantitative estimate of drug-likeness (QED) is 0.161. The van der Waals surface area contributed by atoms with E-state index in [2.05, 4.69) is 0 Å². The molecule has 0 spiro atoms. The smallest absolute Gasteiger partial charge is 0.303 e. The number of esters is 4. The minimum atomic E-state index is -2.17. The number of benzene rings is 1. The normalized spacial score (nSPS) is 23.3. The summed E-state index contributed by atoms with van der Waals surface area (Å²) >= 11 is 0. The van der Waals surface area contributed by atoms with Crippen molar-refractivity contribution in [3.05, 3.63) is 28.8 Å². The summed E-state index contributed by atoms with van der Waals surface area (Å²) in [6.07, 6.45) is -9.51. The molecule has 1 aromatic carbocycles. The molecule has 11 nitrogen and oxygen atoms in total. The zero-order valence-corrected chi connectivity index (χ0v) is 19.2. The zero-order chi connectivity index (χ0) is 27.3. The highest BCUT2D eigenvalue weighted by molar-refractivity contribution is 5.76. The van der Waals surface area contributed by atoms with Crippen LogP contribution in [0, 0.1) is 23.3 Å². The summed E-state index contributed by atoms with van der Waals surface area (Å²) in [5.41, 5.74) is -1.56. The van der Waals surface area contributed by atoms with E-state index in [1.165, 1.54) is 0 Å². The molecule has 0 aliphatic carbocycles. The highest BCUT2D eigenvalue weighted by Crippen LogP contribution is 2.35. The number of hydrogen-bond acceptors (Lipinski definition) is 11. The van der Waals surface area contributed by atoms with Gasteiger partial charge in [0.15, 0.2) is 30.1 Å². The molecule has 0 N–H and O–H groups in total. The van der Waals surface area contributed by atoms with Crippen LogP contribution in [0.5, 0.6) is 5.75 Å². The molecule has 5 atom stereocenters. The Morgan fingerprint density at radius 1 is 0.750 bits per heavy atom. The van der Waals surface area contributed by atoms with E-state index in [0.29, 0.717) is 0 Å². The zero-order valence-electron chi connectivity index (χ0n) is 19.2. The molecule has 36 heavy (non-hydrogen) atoms. The fourth-order valence-corrected chi connectivity index (χ4v) is 3.24. The second kappa shape index (κ2) is 11.8. The van der Waals surface area contributed by atoms with Crippen molar-refractivity contribution in [2.75, 3.05) is 6.61 Å². The van der Waals surface area contributed by atoms with Crippen LogP contribution in [-0.4, -0.2) is 67.5 Å². The van der Waals surface area contributed by atoms with Crippen LogP contribution in [0.15, 0.2) is 0 Å². The molecule has 1 saturated heterocycles. The Labute approximate surface area is 200 Å². The summed E-state index contributed by atoms with van der Waals surface area (Å²) < 4.78 is 87.6. The molecule has 0 bridgehead atoms. The van der Waals surface area contributed by atoms with Gasteiger partial charge in [0, 0.05) is 27.7 Å². The first kappa shape index (κ1) is 28.5. The van der Waals surface area contributed by atoms with Gasteiger partial charge in [-0.05, 0) is 0 Å². The average Bonchev–Trinajstić information content (AvgIpc) is 2.77. The first-order valence-electron chi connectivity index (χ1n) is 10.1. The lowest BCUT2D eigenvalue weighted by Gasteiger charge is -2.43. The van der Waals surface area contributed by atoms with Gasteiger partial charge in [0.05, 0.1) is 5.56 Å². The Morgan fingerprint density at radius 2 is 1.22 bits per heavy atom. The molecule has 1 aliphatic heterocycles. The third kappa shape index (κ3) is 6.47. The first-order valence-corrected chi connectivity index (χ1v) is 10.1. The number of carbonyl (C=O) groups excluding carboxylic acids is 5. The standard InChI is InChI=1S/C21H20F4O11/c1-7(27)31-6-12-17(32-8(2)28)19(33-9(3)29)20(34-10(4)30)21(35-12)36-18-15(24)13(22)11(5-26)14(23)16(18)25/h5,12,17,19-21H,6H2,1-4H3/t12-,17-,19+,20-,21+/m1/s1. The first-order chi connectivity index (χ1) is 16.8. The van der Waals surface area contributed by atoms with Gasteiger partial charge in [0.25, 0.3) is 0 Å². The van der Waals surface area contributed by atoms with Crippen LogP contribution in [0.3, 0.4) is 0 Å². The van der Waals surface area contributed by atoms with Gasteiger partial charge in [-0.1, -0.05) is 0 Å². The van der Waals surface area contributed by atoms with Gasteiger partial charge in [-0.25, -0.2) is 8.78 Å². The minimum Gasteiger partial charge on any atom is -0.463 e. The fourth-order valence-electron chi connectivity index (χ4n) is 3.24. The van der Waals surface area contributed by atoms with Crippen LogP contribution in [0.4, 0.5) is 17.6 Å². The van der Waals surface area contributed by atoms with Crippen molar-refractivity contribution in [2.45, 2.75) is 58.4 Å². The van der Waals surface area contributed by atoms with Gasteiger partial charge in [-0.2, -0.15) is 8.78 Å². The molecule has 0 amide bonds. The van der Waals surface area contributed by atoms with Crippen LogP contribution < -0.4 is 4.74 Å². The Bertz CT molecular complexity index is 1030. The molecule has 1 heterocycles.